The summed E-state index contributed by atoms with van der Waals surface area (Å²) in [5, 5.41) is 0. The SMILES string of the molecule is COc1cc(OC)cc(C(=O)C2C(C)C(N)CC3C(C)(C)CCCC23C)c1. The van der Waals surface area contributed by atoms with Crippen molar-refractivity contribution in [2.24, 2.45) is 34.3 Å². The van der Waals surface area contributed by atoms with Gasteiger partial charge in [-0.2, -0.15) is 0 Å². The number of nitrogens with two attached hydrogens (primary N) is 1. The highest BCUT2D eigenvalue weighted by Crippen LogP contribution is 2.61. The topological polar surface area (TPSA) is 61.5 Å². The lowest BCUT2D eigenvalue weighted by molar-refractivity contribution is -0.0865. The number of fused-ring (bicyclic) bond motifs is 1. The molecule has 3 rings (SSSR count). The summed E-state index contributed by atoms with van der Waals surface area (Å²) >= 11 is 0. The van der Waals surface area contributed by atoms with Gasteiger partial charge in [0.15, 0.2) is 5.78 Å². The number of carbonyl (C=O) groups excluding carboxylic acids is 1. The van der Waals surface area contributed by atoms with Gasteiger partial charge < -0.3 is 15.2 Å². The molecule has 2 aliphatic rings. The highest BCUT2D eigenvalue weighted by molar-refractivity contribution is 5.99. The molecule has 0 bridgehead atoms. The van der Waals surface area contributed by atoms with Gasteiger partial charge in [-0.25, -0.2) is 0 Å². The lowest BCUT2D eigenvalue weighted by Crippen LogP contribution is -2.59. The molecule has 150 valence electrons. The van der Waals surface area contributed by atoms with Gasteiger partial charge in [0.25, 0.3) is 0 Å². The van der Waals surface area contributed by atoms with Gasteiger partial charge in [0.05, 0.1) is 14.2 Å². The molecule has 0 heterocycles. The van der Waals surface area contributed by atoms with Gasteiger partial charge in [0.1, 0.15) is 11.5 Å². The van der Waals surface area contributed by atoms with Crippen LogP contribution in [-0.2, 0) is 0 Å². The second-order valence-electron chi connectivity index (χ2n) is 9.60. The highest BCUT2D eigenvalue weighted by Gasteiger charge is 2.57. The first-order valence-corrected chi connectivity index (χ1v) is 10.2. The number of ketones is 1. The van der Waals surface area contributed by atoms with Crippen LogP contribution in [0.5, 0.6) is 11.5 Å². The Morgan fingerprint density at radius 3 is 2.22 bits per heavy atom. The molecule has 2 N–H and O–H groups in total. The van der Waals surface area contributed by atoms with Gasteiger partial charge in [0.2, 0.25) is 0 Å². The number of ether oxygens (including phenoxy) is 2. The Bertz CT molecular complexity index is 691. The van der Waals surface area contributed by atoms with Crippen LogP contribution in [-0.4, -0.2) is 26.0 Å². The summed E-state index contributed by atoms with van der Waals surface area (Å²) in [6.07, 6.45) is 4.49. The first-order valence-electron chi connectivity index (χ1n) is 10.2. The van der Waals surface area contributed by atoms with E-state index < -0.39 is 0 Å². The lowest BCUT2D eigenvalue weighted by atomic mass is 9.45. The van der Waals surface area contributed by atoms with Crippen molar-refractivity contribution >= 4 is 5.78 Å². The summed E-state index contributed by atoms with van der Waals surface area (Å²) in [5.74, 6) is 2.02. The number of hydrogen-bond acceptors (Lipinski definition) is 4. The summed E-state index contributed by atoms with van der Waals surface area (Å²) < 4.78 is 10.8. The third-order valence-electron chi connectivity index (χ3n) is 7.61. The molecule has 4 heteroatoms. The van der Waals surface area contributed by atoms with E-state index in [1.54, 1.807) is 20.3 Å². The number of hydrogen-bond donors (Lipinski definition) is 1. The average molecular weight is 374 g/mol. The second kappa shape index (κ2) is 7.12. The van der Waals surface area contributed by atoms with Crippen LogP contribution in [0, 0.1) is 28.6 Å². The van der Waals surface area contributed by atoms with Crippen molar-refractivity contribution in [1.29, 1.82) is 0 Å². The molecule has 1 aromatic rings. The van der Waals surface area contributed by atoms with E-state index in [0.29, 0.717) is 23.0 Å². The van der Waals surface area contributed by atoms with Crippen LogP contribution in [0.25, 0.3) is 0 Å². The quantitative estimate of drug-likeness (QED) is 0.777. The fourth-order valence-corrected chi connectivity index (χ4v) is 6.13. The summed E-state index contributed by atoms with van der Waals surface area (Å²) in [4.78, 5) is 13.8. The van der Waals surface area contributed by atoms with E-state index in [1.165, 1.54) is 12.8 Å². The van der Waals surface area contributed by atoms with Gasteiger partial charge >= 0.3 is 0 Å². The van der Waals surface area contributed by atoms with E-state index in [4.69, 9.17) is 15.2 Å². The Hall–Kier alpha value is -1.55. The molecule has 0 amide bonds. The van der Waals surface area contributed by atoms with Crippen molar-refractivity contribution in [3.05, 3.63) is 23.8 Å². The molecule has 4 nitrogen and oxygen atoms in total. The zero-order valence-electron chi connectivity index (χ0n) is 17.7. The Kier molecular flexibility index (Phi) is 5.33. The molecule has 5 unspecified atom stereocenters. The fourth-order valence-electron chi connectivity index (χ4n) is 6.13. The van der Waals surface area contributed by atoms with Crippen molar-refractivity contribution in [2.75, 3.05) is 14.2 Å². The van der Waals surface area contributed by atoms with Crippen molar-refractivity contribution in [3.8, 4) is 11.5 Å². The maximum Gasteiger partial charge on any atom is 0.167 e. The Morgan fingerprint density at radius 1 is 1.07 bits per heavy atom. The van der Waals surface area contributed by atoms with Gasteiger partial charge in [-0.05, 0) is 54.1 Å². The number of Topliss-reactive ketones (excluding diaryl/α,β-unsaturated/α-hetero) is 1. The van der Waals surface area contributed by atoms with Crippen LogP contribution >= 0.6 is 0 Å². The number of rotatable bonds is 4. The maximum absolute atomic E-state index is 13.8. The minimum absolute atomic E-state index is 0.0234. The smallest absolute Gasteiger partial charge is 0.167 e. The zero-order valence-corrected chi connectivity index (χ0v) is 17.7. The van der Waals surface area contributed by atoms with E-state index in [1.807, 2.05) is 12.1 Å². The van der Waals surface area contributed by atoms with Gasteiger partial charge in [-0.1, -0.05) is 34.1 Å². The molecule has 2 saturated carbocycles. The van der Waals surface area contributed by atoms with Gasteiger partial charge in [-0.3, -0.25) is 4.79 Å². The number of benzene rings is 1. The molecule has 0 spiro atoms. The normalized spacial score (nSPS) is 35.2. The monoisotopic (exact) mass is 373 g/mol. The fraction of sp³-hybridized carbons (Fsp3) is 0.696. The summed E-state index contributed by atoms with van der Waals surface area (Å²) in [6.45, 7) is 9.20. The van der Waals surface area contributed by atoms with Crippen molar-refractivity contribution in [2.45, 2.75) is 59.4 Å². The van der Waals surface area contributed by atoms with Crippen molar-refractivity contribution in [3.63, 3.8) is 0 Å². The molecule has 0 aliphatic heterocycles. The number of carbonyl (C=O) groups is 1. The standard InChI is InChI=1S/C23H35NO3/c1-14-18(24)13-19-22(2,3)8-7-9-23(19,4)20(14)21(25)15-10-16(26-5)12-17(11-15)27-6/h10-12,14,18-20H,7-9,13,24H2,1-6H3. The van der Waals surface area contributed by atoms with Crippen LogP contribution in [0.1, 0.15) is 63.7 Å². The molecule has 0 saturated heterocycles. The van der Waals surface area contributed by atoms with Crippen LogP contribution in [0.3, 0.4) is 0 Å². The predicted molar refractivity (Wildman–Crippen MR) is 108 cm³/mol. The van der Waals surface area contributed by atoms with E-state index in [0.717, 1.165) is 12.8 Å². The van der Waals surface area contributed by atoms with E-state index >= 15 is 0 Å². The first kappa shape index (κ1) is 20.2. The van der Waals surface area contributed by atoms with Crippen LogP contribution in [0.4, 0.5) is 0 Å². The molecule has 0 aromatic heterocycles. The van der Waals surface area contributed by atoms with E-state index in [9.17, 15) is 4.79 Å². The van der Waals surface area contributed by atoms with Crippen molar-refractivity contribution in [1.82, 2.24) is 0 Å². The van der Waals surface area contributed by atoms with Crippen molar-refractivity contribution < 1.29 is 14.3 Å². The molecule has 27 heavy (non-hydrogen) atoms. The summed E-state index contributed by atoms with van der Waals surface area (Å²) in [5.41, 5.74) is 7.44. The Labute approximate surface area is 163 Å². The zero-order chi connectivity index (χ0) is 20.0. The Balaban J connectivity index is 2.06. The third-order valence-corrected chi connectivity index (χ3v) is 7.61. The van der Waals surface area contributed by atoms with E-state index in [2.05, 4.69) is 27.7 Å². The molecule has 5 atom stereocenters. The van der Waals surface area contributed by atoms with Gasteiger partial charge in [-0.15, -0.1) is 0 Å². The predicted octanol–water partition coefficient (Wildman–Crippen LogP) is 4.70. The second-order valence-corrected chi connectivity index (χ2v) is 9.60. The lowest BCUT2D eigenvalue weighted by Gasteiger charge is -2.60. The molecule has 2 aliphatic carbocycles. The Morgan fingerprint density at radius 2 is 1.67 bits per heavy atom. The first-order chi connectivity index (χ1) is 12.6. The molecule has 2 fully saturated rings. The molecular weight excluding hydrogens is 338 g/mol. The largest absolute Gasteiger partial charge is 0.497 e. The minimum Gasteiger partial charge on any atom is -0.497 e. The highest BCUT2D eigenvalue weighted by atomic mass is 16.5. The maximum atomic E-state index is 13.8. The third kappa shape index (κ3) is 3.37. The summed E-state index contributed by atoms with van der Waals surface area (Å²) in [7, 11) is 3.23. The van der Waals surface area contributed by atoms with Gasteiger partial charge in [0, 0.05) is 23.6 Å². The minimum atomic E-state index is -0.0809. The van der Waals surface area contributed by atoms with Crippen LogP contribution in [0.2, 0.25) is 0 Å². The average Bonchev–Trinajstić information content (AvgIpc) is 2.63. The van der Waals surface area contributed by atoms with E-state index in [-0.39, 0.29) is 34.5 Å². The van der Waals surface area contributed by atoms with Crippen LogP contribution in [0.15, 0.2) is 18.2 Å². The molecular formula is C23H35NO3. The summed E-state index contributed by atoms with van der Waals surface area (Å²) in [6, 6.07) is 5.54. The molecule has 1 aromatic carbocycles. The number of methoxy groups -OCH3 is 2. The molecule has 0 radical (unpaired) electrons. The van der Waals surface area contributed by atoms with Crippen LogP contribution < -0.4 is 15.2 Å².